The molecule has 0 atom stereocenters. The highest BCUT2D eigenvalue weighted by molar-refractivity contribution is 6.15. The molecule has 26 heavy (non-hydrogen) atoms. The minimum absolute atomic E-state index is 0.929. The molecule has 0 fully saturated rings. The first-order valence-electron chi connectivity index (χ1n) is 8.80. The summed E-state index contributed by atoms with van der Waals surface area (Å²) in [6.45, 7) is 0. The Morgan fingerprint density at radius 3 is 2.15 bits per heavy atom. The fraction of sp³-hybridized carbons (Fsp3) is 0. The van der Waals surface area contributed by atoms with E-state index in [2.05, 4.69) is 77.8 Å². The first-order chi connectivity index (χ1) is 12.9. The summed E-state index contributed by atoms with van der Waals surface area (Å²) in [7, 11) is 0. The number of aromatic nitrogens is 1. The quantitative estimate of drug-likeness (QED) is 0.349. The third-order valence-electron chi connectivity index (χ3n) is 5.24. The Hall–Kier alpha value is -3.52. The summed E-state index contributed by atoms with van der Waals surface area (Å²) in [5.41, 5.74) is 6.48. The third kappa shape index (κ3) is 1.76. The highest BCUT2D eigenvalue weighted by Gasteiger charge is 2.15. The molecule has 0 unspecified atom stereocenters. The summed E-state index contributed by atoms with van der Waals surface area (Å²) >= 11 is 0. The SMILES string of the molecule is c1ccc2c(c1)[nH]c1c(-c3cccc4c3oc3ccccc34)cccc12. The molecule has 2 aromatic heterocycles. The van der Waals surface area contributed by atoms with E-state index >= 15 is 0 Å². The fourth-order valence-corrected chi connectivity index (χ4v) is 4.06. The van der Waals surface area contributed by atoms with Crippen LogP contribution in [0.25, 0.3) is 54.9 Å². The number of para-hydroxylation sites is 4. The molecular formula is C24H15NO. The van der Waals surface area contributed by atoms with Gasteiger partial charge in [0.25, 0.3) is 0 Å². The van der Waals surface area contributed by atoms with Gasteiger partial charge in [-0.25, -0.2) is 0 Å². The van der Waals surface area contributed by atoms with Crippen LogP contribution in [0.5, 0.6) is 0 Å². The Morgan fingerprint density at radius 2 is 1.23 bits per heavy atom. The molecule has 2 heteroatoms. The molecule has 1 N–H and O–H groups in total. The lowest BCUT2D eigenvalue weighted by Crippen LogP contribution is -1.81. The molecule has 0 aliphatic heterocycles. The zero-order valence-electron chi connectivity index (χ0n) is 14.0. The first-order valence-corrected chi connectivity index (χ1v) is 8.80. The van der Waals surface area contributed by atoms with Crippen LogP contribution in [0.15, 0.2) is 89.3 Å². The normalized spacial score (nSPS) is 11.8. The molecule has 2 nitrogen and oxygen atoms in total. The van der Waals surface area contributed by atoms with Gasteiger partial charge in [-0.05, 0) is 12.1 Å². The average Bonchev–Trinajstić information content (AvgIpc) is 3.26. The van der Waals surface area contributed by atoms with Crippen molar-refractivity contribution in [2.75, 3.05) is 0 Å². The Bertz CT molecular complexity index is 1320. The summed E-state index contributed by atoms with van der Waals surface area (Å²) in [5.74, 6) is 0. The highest BCUT2D eigenvalue weighted by atomic mass is 16.3. The van der Waals surface area contributed by atoms with Crippen molar-refractivity contribution in [3.63, 3.8) is 0 Å². The molecule has 122 valence electrons. The summed E-state index contributed by atoms with van der Waals surface area (Å²) in [5, 5.41) is 4.81. The molecule has 0 aliphatic carbocycles. The maximum absolute atomic E-state index is 6.25. The van der Waals surface area contributed by atoms with Crippen LogP contribution >= 0.6 is 0 Å². The summed E-state index contributed by atoms with van der Waals surface area (Å²) in [6, 6.07) is 29.5. The second-order valence-corrected chi connectivity index (χ2v) is 6.68. The highest BCUT2D eigenvalue weighted by Crippen LogP contribution is 2.39. The monoisotopic (exact) mass is 333 g/mol. The predicted octanol–water partition coefficient (Wildman–Crippen LogP) is 6.89. The van der Waals surface area contributed by atoms with E-state index in [1.54, 1.807) is 0 Å². The lowest BCUT2D eigenvalue weighted by Gasteiger charge is -2.05. The fourth-order valence-electron chi connectivity index (χ4n) is 4.06. The van der Waals surface area contributed by atoms with Gasteiger partial charge in [0.1, 0.15) is 11.2 Å². The van der Waals surface area contributed by atoms with Crippen molar-refractivity contribution < 1.29 is 4.42 Å². The molecule has 0 aliphatic rings. The second-order valence-electron chi connectivity index (χ2n) is 6.68. The summed E-state index contributed by atoms with van der Waals surface area (Å²) in [4.78, 5) is 3.60. The first kappa shape index (κ1) is 13.7. The Labute approximate surface area is 149 Å². The van der Waals surface area contributed by atoms with Gasteiger partial charge in [0, 0.05) is 38.2 Å². The second kappa shape index (κ2) is 4.99. The number of hydrogen-bond acceptors (Lipinski definition) is 1. The molecule has 6 rings (SSSR count). The lowest BCUT2D eigenvalue weighted by molar-refractivity contribution is 0.670. The molecule has 0 radical (unpaired) electrons. The molecule has 0 spiro atoms. The van der Waals surface area contributed by atoms with E-state index in [-0.39, 0.29) is 0 Å². The Balaban J connectivity index is 1.76. The van der Waals surface area contributed by atoms with Gasteiger partial charge in [-0.2, -0.15) is 0 Å². The van der Waals surface area contributed by atoms with Crippen molar-refractivity contribution in [1.82, 2.24) is 4.98 Å². The van der Waals surface area contributed by atoms with Crippen LogP contribution in [0.4, 0.5) is 0 Å². The van der Waals surface area contributed by atoms with Crippen molar-refractivity contribution in [1.29, 1.82) is 0 Å². The number of H-pyrrole nitrogens is 1. The van der Waals surface area contributed by atoms with Crippen molar-refractivity contribution >= 4 is 43.7 Å². The number of rotatable bonds is 1. The van der Waals surface area contributed by atoms with Crippen LogP contribution in [0.2, 0.25) is 0 Å². The largest absolute Gasteiger partial charge is 0.455 e. The van der Waals surface area contributed by atoms with E-state index < -0.39 is 0 Å². The van der Waals surface area contributed by atoms with Crippen LogP contribution in [-0.2, 0) is 0 Å². The van der Waals surface area contributed by atoms with Gasteiger partial charge in [0.15, 0.2) is 0 Å². The molecule has 2 heterocycles. The molecular weight excluding hydrogens is 318 g/mol. The van der Waals surface area contributed by atoms with Gasteiger partial charge < -0.3 is 9.40 Å². The van der Waals surface area contributed by atoms with Gasteiger partial charge >= 0.3 is 0 Å². The van der Waals surface area contributed by atoms with Crippen LogP contribution in [0, 0.1) is 0 Å². The third-order valence-corrected chi connectivity index (χ3v) is 5.24. The Morgan fingerprint density at radius 1 is 0.538 bits per heavy atom. The van der Waals surface area contributed by atoms with Crippen LogP contribution in [0.1, 0.15) is 0 Å². The van der Waals surface area contributed by atoms with Crippen LogP contribution in [0.3, 0.4) is 0 Å². The molecule has 4 aromatic carbocycles. The molecule has 0 saturated carbocycles. The maximum atomic E-state index is 6.25. The topological polar surface area (TPSA) is 28.9 Å². The minimum Gasteiger partial charge on any atom is -0.455 e. The minimum atomic E-state index is 0.929. The number of furan rings is 1. The predicted molar refractivity (Wildman–Crippen MR) is 109 cm³/mol. The van der Waals surface area contributed by atoms with E-state index in [0.717, 1.165) is 38.5 Å². The van der Waals surface area contributed by atoms with Crippen molar-refractivity contribution in [3.05, 3.63) is 84.9 Å². The van der Waals surface area contributed by atoms with Crippen molar-refractivity contribution in [2.24, 2.45) is 0 Å². The van der Waals surface area contributed by atoms with E-state index in [0.29, 0.717) is 0 Å². The van der Waals surface area contributed by atoms with E-state index in [1.807, 2.05) is 12.1 Å². The number of aromatic amines is 1. The number of benzene rings is 4. The van der Waals surface area contributed by atoms with E-state index in [9.17, 15) is 0 Å². The maximum Gasteiger partial charge on any atom is 0.143 e. The Kier molecular flexibility index (Phi) is 2.64. The van der Waals surface area contributed by atoms with Crippen molar-refractivity contribution in [2.45, 2.75) is 0 Å². The van der Waals surface area contributed by atoms with Gasteiger partial charge in [0.2, 0.25) is 0 Å². The summed E-state index contributed by atoms with van der Waals surface area (Å²) in [6.07, 6.45) is 0. The molecule has 6 aromatic rings. The zero-order chi connectivity index (χ0) is 17.1. The number of fused-ring (bicyclic) bond motifs is 6. The molecule has 0 bridgehead atoms. The standard InChI is InChI=1S/C24H15NO/c1-3-13-21-15(7-1)17-9-5-10-18(23(17)25-21)20-12-6-11-19-16-8-2-4-14-22(16)26-24(19)20/h1-14,25H. The molecule has 0 amide bonds. The zero-order valence-corrected chi connectivity index (χ0v) is 14.0. The van der Waals surface area contributed by atoms with E-state index in [4.69, 9.17) is 4.42 Å². The number of nitrogens with one attached hydrogen (secondary N) is 1. The lowest BCUT2D eigenvalue weighted by atomic mass is 10.00. The van der Waals surface area contributed by atoms with Gasteiger partial charge in [-0.15, -0.1) is 0 Å². The van der Waals surface area contributed by atoms with E-state index in [1.165, 1.54) is 16.3 Å². The summed E-state index contributed by atoms with van der Waals surface area (Å²) < 4.78 is 6.25. The molecule has 0 saturated heterocycles. The smallest absolute Gasteiger partial charge is 0.143 e. The number of hydrogen-bond donors (Lipinski definition) is 1. The van der Waals surface area contributed by atoms with Crippen molar-refractivity contribution in [3.8, 4) is 11.1 Å². The van der Waals surface area contributed by atoms with Gasteiger partial charge in [-0.1, -0.05) is 72.8 Å². The van der Waals surface area contributed by atoms with Gasteiger partial charge in [-0.3, -0.25) is 0 Å². The van der Waals surface area contributed by atoms with Crippen LogP contribution in [-0.4, -0.2) is 4.98 Å². The van der Waals surface area contributed by atoms with Gasteiger partial charge in [0.05, 0.1) is 5.52 Å². The van der Waals surface area contributed by atoms with Crippen LogP contribution < -0.4 is 0 Å². The average molecular weight is 333 g/mol.